The molecule has 0 aromatic carbocycles. The molecule has 1 heterocycles. The lowest BCUT2D eigenvalue weighted by atomic mass is 9.64. The van der Waals surface area contributed by atoms with Crippen molar-refractivity contribution in [1.82, 2.24) is 5.16 Å². The first kappa shape index (κ1) is 15.5. The van der Waals surface area contributed by atoms with Crippen LogP contribution in [0.1, 0.15) is 51.5 Å². The summed E-state index contributed by atoms with van der Waals surface area (Å²) in [5.41, 5.74) is 0.0596. The SMILES string of the molecule is COC(=O)CCc1cc([C@@]2(O)C[C@H]3C[C@@H]2[C@H](C)C3(C)C)on1. The molecule has 5 nitrogen and oxygen atoms in total. The standard InChI is InChI=1S/C17H25NO4/c1-10-13-7-11(16(10,2)3)9-17(13,20)14-8-12(18-22-14)5-6-15(19)21-4/h8,10-11,13,20H,5-7,9H2,1-4H3/t10-,11+,13+,17+/m0/s1. The van der Waals surface area contributed by atoms with Crippen LogP contribution in [-0.2, 0) is 21.6 Å². The number of nitrogens with zero attached hydrogens (tertiary/aromatic N) is 1. The third kappa shape index (κ3) is 2.18. The molecule has 1 aromatic heterocycles. The van der Waals surface area contributed by atoms with Crippen molar-refractivity contribution in [2.75, 3.05) is 7.11 Å². The van der Waals surface area contributed by atoms with Gasteiger partial charge in [0, 0.05) is 12.5 Å². The summed E-state index contributed by atoms with van der Waals surface area (Å²) in [7, 11) is 1.37. The Morgan fingerprint density at radius 3 is 2.86 bits per heavy atom. The van der Waals surface area contributed by atoms with Gasteiger partial charge in [-0.25, -0.2) is 0 Å². The van der Waals surface area contributed by atoms with Gasteiger partial charge >= 0.3 is 5.97 Å². The number of fused-ring (bicyclic) bond motifs is 2. The zero-order valence-electron chi connectivity index (χ0n) is 13.8. The second-order valence-corrected chi connectivity index (χ2v) is 7.54. The molecule has 2 aliphatic carbocycles. The molecule has 1 N–H and O–H groups in total. The van der Waals surface area contributed by atoms with E-state index in [0.29, 0.717) is 29.7 Å². The van der Waals surface area contributed by atoms with Crippen molar-refractivity contribution in [3.63, 3.8) is 0 Å². The third-order valence-electron chi connectivity index (χ3n) is 6.34. The number of rotatable bonds is 4. The molecule has 2 aliphatic rings. The molecule has 3 rings (SSSR count). The van der Waals surface area contributed by atoms with E-state index in [0.717, 1.165) is 12.8 Å². The topological polar surface area (TPSA) is 72.6 Å². The molecule has 1 aromatic rings. The van der Waals surface area contributed by atoms with Crippen molar-refractivity contribution in [3.05, 3.63) is 17.5 Å². The van der Waals surface area contributed by atoms with Crippen LogP contribution in [0.25, 0.3) is 0 Å². The second-order valence-electron chi connectivity index (χ2n) is 7.54. The van der Waals surface area contributed by atoms with Gasteiger partial charge in [0.2, 0.25) is 0 Å². The predicted octanol–water partition coefficient (Wildman–Crippen LogP) is 2.67. The van der Waals surface area contributed by atoms with Gasteiger partial charge in [0.05, 0.1) is 19.2 Å². The highest BCUT2D eigenvalue weighted by atomic mass is 16.5. The number of carbonyl (C=O) groups is 1. The van der Waals surface area contributed by atoms with Crippen LogP contribution in [0.5, 0.6) is 0 Å². The third-order valence-corrected chi connectivity index (χ3v) is 6.34. The van der Waals surface area contributed by atoms with E-state index in [4.69, 9.17) is 4.52 Å². The molecule has 2 saturated carbocycles. The first-order chi connectivity index (χ1) is 10.3. The summed E-state index contributed by atoms with van der Waals surface area (Å²) in [6.07, 6.45) is 2.53. The molecule has 0 saturated heterocycles. The van der Waals surface area contributed by atoms with E-state index in [1.165, 1.54) is 7.11 Å². The Kier molecular flexibility index (Phi) is 3.59. The Balaban J connectivity index is 1.76. The number of aliphatic hydroxyl groups is 1. The summed E-state index contributed by atoms with van der Waals surface area (Å²) >= 11 is 0. The maximum absolute atomic E-state index is 11.2. The summed E-state index contributed by atoms with van der Waals surface area (Å²) in [5.74, 6) is 1.47. The van der Waals surface area contributed by atoms with E-state index >= 15 is 0 Å². The first-order valence-corrected chi connectivity index (χ1v) is 8.04. The summed E-state index contributed by atoms with van der Waals surface area (Å²) < 4.78 is 10.1. The van der Waals surface area contributed by atoms with Gasteiger partial charge in [0.1, 0.15) is 5.60 Å². The Morgan fingerprint density at radius 2 is 2.27 bits per heavy atom. The zero-order valence-corrected chi connectivity index (χ0v) is 13.8. The van der Waals surface area contributed by atoms with Gasteiger partial charge in [0.15, 0.2) is 5.76 Å². The molecule has 0 radical (unpaired) electrons. The molecule has 0 amide bonds. The normalized spacial score (nSPS) is 35.8. The molecule has 0 unspecified atom stereocenters. The van der Waals surface area contributed by atoms with Crippen LogP contribution in [0.4, 0.5) is 0 Å². The molecule has 2 fully saturated rings. The molecular formula is C17H25NO4. The van der Waals surface area contributed by atoms with Gasteiger partial charge in [-0.05, 0) is 36.0 Å². The highest BCUT2D eigenvalue weighted by Gasteiger charge is 2.63. The van der Waals surface area contributed by atoms with Crippen molar-refractivity contribution in [3.8, 4) is 0 Å². The van der Waals surface area contributed by atoms with Crippen LogP contribution in [0.3, 0.4) is 0 Å². The highest BCUT2D eigenvalue weighted by Crippen LogP contribution is 2.65. The van der Waals surface area contributed by atoms with E-state index in [-0.39, 0.29) is 23.7 Å². The van der Waals surface area contributed by atoms with Gasteiger partial charge < -0.3 is 14.4 Å². The predicted molar refractivity (Wildman–Crippen MR) is 79.9 cm³/mol. The number of carbonyl (C=O) groups excluding carboxylic acids is 1. The number of methoxy groups -OCH3 is 1. The fraction of sp³-hybridized carbons (Fsp3) is 0.765. The largest absolute Gasteiger partial charge is 0.469 e. The molecule has 0 aliphatic heterocycles. The van der Waals surface area contributed by atoms with Crippen LogP contribution >= 0.6 is 0 Å². The smallest absolute Gasteiger partial charge is 0.305 e. The Bertz CT molecular complexity index is 575. The molecular weight excluding hydrogens is 282 g/mol. The number of ether oxygens (including phenoxy) is 1. The number of aryl methyl sites for hydroxylation is 1. The molecule has 4 atom stereocenters. The number of hydrogen-bond donors (Lipinski definition) is 1. The molecule has 0 spiro atoms. The second kappa shape index (κ2) is 5.08. The Hall–Kier alpha value is -1.36. The van der Waals surface area contributed by atoms with Gasteiger partial charge in [-0.15, -0.1) is 0 Å². The van der Waals surface area contributed by atoms with Gasteiger partial charge in [0.25, 0.3) is 0 Å². The van der Waals surface area contributed by atoms with Crippen LogP contribution in [-0.4, -0.2) is 23.3 Å². The number of hydrogen-bond acceptors (Lipinski definition) is 5. The summed E-state index contributed by atoms with van der Waals surface area (Å²) in [6, 6.07) is 1.81. The zero-order chi connectivity index (χ0) is 16.1. The van der Waals surface area contributed by atoms with Crippen LogP contribution in [0.15, 0.2) is 10.6 Å². The van der Waals surface area contributed by atoms with Crippen LogP contribution in [0, 0.1) is 23.2 Å². The average Bonchev–Trinajstić information content (AvgIpc) is 3.13. The number of aromatic nitrogens is 1. The van der Waals surface area contributed by atoms with Crippen LogP contribution in [0.2, 0.25) is 0 Å². The van der Waals surface area contributed by atoms with E-state index < -0.39 is 5.60 Å². The summed E-state index contributed by atoms with van der Waals surface area (Å²) in [5, 5.41) is 15.2. The lowest BCUT2D eigenvalue weighted by Gasteiger charge is -2.43. The summed E-state index contributed by atoms with van der Waals surface area (Å²) in [4.78, 5) is 11.2. The maximum Gasteiger partial charge on any atom is 0.305 e. The monoisotopic (exact) mass is 307 g/mol. The highest BCUT2D eigenvalue weighted by molar-refractivity contribution is 5.69. The first-order valence-electron chi connectivity index (χ1n) is 8.04. The van der Waals surface area contributed by atoms with E-state index in [1.54, 1.807) is 0 Å². The molecule has 2 bridgehead atoms. The molecule has 122 valence electrons. The fourth-order valence-electron chi connectivity index (χ4n) is 4.44. The van der Waals surface area contributed by atoms with Crippen molar-refractivity contribution in [2.24, 2.45) is 23.2 Å². The van der Waals surface area contributed by atoms with Gasteiger partial charge in [-0.3, -0.25) is 4.79 Å². The van der Waals surface area contributed by atoms with E-state index in [9.17, 15) is 9.90 Å². The lowest BCUT2D eigenvalue weighted by Crippen LogP contribution is -2.42. The average molecular weight is 307 g/mol. The van der Waals surface area contributed by atoms with Gasteiger partial charge in [-0.2, -0.15) is 0 Å². The minimum Gasteiger partial charge on any atom is -0.469 e. The van der Waals surface area contributed by atoms with E-state index in [2.05, 4.69) is 30.7 Å². The minimum absolute atomic E-state index is 0.217. The minimum atomic E-state index is -0.907. The Labute approximate surface area is 131 Å². The number of esters is 1. The maximum atomic E-state index is 11.2. The fourth-order valence-corrected chi connectivity index (χ4v) is 4.44. The van der Waals surface area contributed by atoms with Crippen molar-refractivity contribution >= 4 is 5.97 Å². The van der Waals surface area contributed by atoms with Crippen molar-refractivity contribution in [2.45, 2.75) is 52.1 Å². The molecule has 22 heavy (non-hydrogen) atoms. The van der Waals surface area contributed by atoms with Crippen LogP contribution < -0.4 is 0 Å². The summed E-state index contributed by atoms with van der Waals surface area (Å²) in [6.45, 7) is 6.82. The van der Waals surface area contributed by atoms with Crippen molar-refractivity contribution in [1.29, 1.82) is 0 Å². The van der Waals surface area contributed by atoms with Crippen molar-refractivity contribution < 1.29 is 19.2 Å². The quantitative estimate of drug-likeness (QED) is 0.866. The molecule has 5 heteroatoms. The van der Waals surface area contributed by atoms with Gasteiger partial charge in [-0.1, -0.05) is 25.9 Å². The van der Waals surface area contributed by atoms with E-state index in [1.807, 2.05) is 6.07 Å². The lowest BCUT2D eigenvalue weighted by molar-refractivity contribution is -0.140. The Morgan fingerprint density at radius 1 is 1.55 bits per heavy atom.